The molecule has 2 atom stereocenters. The summed E-state index contributed by atoms with van der Waals surface area (Å²) in [6.07, 6.45) is 0. The zero-order valence-corrected chi connectivity index (χ0v) is 10.5. The molecule has 1 fully saturated rings. The Hall–Kier alpha value is -1.35. The lowest BCUT2D eigenvalue weighted by atomic mass is 10.0. The molecule has 0 aliphatic carbocycles. The number of benzene rings is 1. The molecular weight excluding hydrogens is 212 g/mol. The van der Waals surface area contributed by atoms with Crippen molar-refractivity contribution >= 4 is 5.91 Å². The maximum absolute atomic E-state index is 12.2. The van der Waals surface area contributed by atoms with Gasteiger partial charge in [-0.05, 0) is 29.5 Å². The molecular formula is C14H20N2O. The molecule has 0 radical (unpaired) electrons. The quantitative estimate of drug-likeness (QED) is 0.846. The summed E-state index contributed by atoms with van der Waals surface area (Å²) in [4.78, 5) is 14.2. The number of hydrogen-bond acceptors (Lipinski definition) is 2. The number of hydrogen-bond donors (Lipinski definition) is 1. The third-order valence-electron chi connectivity index (χ3n) is 3.71. The highest BCUT2D eigenvalue weighted by molar-refractivity contribution is 5.94. The first kappa shape index (κ1) is 12.1. The van der Waals surface area contributed by atoms with E-state index in [-0.39, 0.29) is 5.91 Å². The smallest absolute Gasteiger partial charge is 0.253 e. The Morgan fingerprint density at radius 1 is 1.24 bits per heavy atom. The summed E-state index contributed by atoms with van der Waals surface area (Å²) >= 11 is 0. The van der Waals surface area contributed by atoms with Gasteiger partial charge in [0.25, 0.3) is 5.91 Å². The Balaban J connectivity index is 2.09. The Morgan fingerprint density at radius 2 is 1.76 bits per heavy atom. The second-order valence-corrected chi connectivity index (χ2v) is 5.07. The molecule has 1 aromatic rings. The van der Waals surface area contributed by atoms with E-state index in [9.17, 15) is 4.79 Å². The second-order valence-electron chi connectivity index (χ2n) is 5.07. The van der Waals surface area contributed by atoms with Crippen molar-refractivity contribution in [3.8, 4) is 0 Å². The summed E-state index contributed by atoms with van der Waals surface area (Å²) in [5.74, 6) is 1.34. The minimum Gasteiger partial charge on any atom is -0.338 e. The van der Waals surface area contributed by atoms with Gasteiger partial charge in [0.2, 0.25) is 0 Å². The molecule has 92 valence electrons. The fraction of sp³-hybridized carbons (Fsp3) is 0.500. The Labute approximate surface area is 103 Å². The summed E-state index contributed by atoms with van der Waals surface area (Å²) in [5, 5.41) is 0. The van der Waals surface area contributed by atoms with Crippen molar-refractivity contribution in [2.45, 2.75) is 20.4 Å². The van der Waals surface area contributed by atoms with Crippen LogP contribution >= 0.6 is 0 Å². The SMILES string of the molecule is CC1CN(C(=O)c2ccc(CN)cc2)CC1C. The number of rotatable bonds is 2. The topological polar surface area (TPSA) is 46.3 Å². The highest BCUT2D eigenvalue weighted by Gasteiger charge is 2.29. The maximum atomic E-state index is 12.2. The van der Waals surface area contributed by atoms with Crippen LogP contribution in [0.15, 0.2) is 24.3 Å². The minimum atomic E-state index is 0.143. The molecule has 1 amide bonds. The average Bonchev–Trinajstić information content (AvgIpc) is 2.69. The van der Waals surface area contributed by atoms with E-state index in [2.05, 4.69) is 13.8 Å². The Bertz CT molecular complexity index is 389. The van der Waals surface area contributed by atoms with E-state index >= 15 is 0 Å². The molecule has 3 nitrogen and oxygen atoms in total. The molecule has 17 heavy (non-hydrogen) atoms. The predicted octanol–water partition coefficient (Wildman–Crippen LogP) is 1.87. The van der Waals surface area contributed by atoms with Crippen LogP contribution in [0, 0.1) is 11.8 Å². The highest BCUT2D eigenvalue weighted by atomic mass is 16.2. The van der Waals surface area contributed by atoms with Gasteiger partial charge in [-0.2, -0.15) is 0 Å². The van der Waals surface area contributed by atoms with E-state index in [1.165, 1.54) is 0 Å². The molecule has 3 heteroatoms. The van der Waals surface area contributed by atoms with Gasteiger partial charge >= 0.3 is 0 Å². The monoisotopic (exact) mass is 232 g/mol. The van der Waals surface area contributed by atoms with Gasteiger partial charge in [-0.3, -0.25) is 4.79 Å². The number of likely N-dealkylation sites (tertiary alicyclic amines) is 1. The third kappa shape index (κ3) is 2.50. The first-order chi connectivity index (χ1) is 8.11. The highest BCUT2D eigenvalue weighted by Crippen LogP contribution is 2.23. The Kier molecular flexibility index (Phi) is 3.48. The van der Waals surface area contributed by atoms with E-state index in [4.69, 9.17) is 5.73 Å². The number of carbonyl (C=O) groups excluding carboxylic acids is 1. The number of nitrogens with two attached hydrogens (primary N) is 1. The van der Waals surface area contributed by atoms with Crippen molar-refractivity contribution in [2.24, 2.45) is 17.6 Å². The van der Waals surface area contributed by atoms with Gasteiger partial charge in [0.1, 0.15) is 0 Å². The Morgan fingerprint density at radius 3 is 2.24 bits per heavy atom. The van der Waals surface area contributed by atoms with Gasteiger partial charge < -0.3 is 10.6 Å². The first-order valence-corrected chi connectivity index (χ1v) is 6.20. The van der Waals surface area contributed by atoms with Crippen LogP contribution in [0.4, 0.5) is 0 Å². The summed E-state index contributed by atoms with van der Waals surface area (Å²) in [6, 6.07) is 7.60. The second kappa shape index (κ2) is 4.88. The summed E-state index contributed by atoms with van der Waals surface area (Å²) in [5.41, 5.74) is 7.37. The lowest BCUT2D eigenvalue weighted by molar-refractivity contribution is 0.0785. The van der Waals surface area contributed by atoms with E-state index in [0.29, 0.717) is 18.4 Å². The summed E-state index contributed by atoms with van der Waals surface area (Å²) < 4.78 is 0. The van der Waals surface area contributed by atoms with Crippen molar-refractivity contribution in [3.63, 3.8) is 0 Å². The van der Waals surface area contributed by atoms with E-state index < -0.39 is 0 Å². The number of carbonyl (C=O) groups is 1. The van der Waals surface area contributed by atoms with Crippen molar-refractivity contribution in [1.29, 1.82) is 0 Å². The maximum Gasteiger partial charge on any atom is 0.253 e. The van der Waals surface area contributed by atoms with Crippen LogP contribution in [0.3, 0.4) is 0 Å². The first-order valence-electron chi connectivity index (χ1n) is 6.20. The molecule has 2 unspecified atom stereocenters. The lowest BCUT2D eigenvalue weighted by Gasteiger charge is -2.16. The number of amides is 1. The van der Waals surface area contributed by atoms with Crippen molar-refractivity contribution < 1.29 is 4.79 Å². The van der Waals surface area contributed by atoms with Crippen LogP contribution in [-0.4, -0.2) is 23.9 Å². The molecule has 1 aliphatic rings. The third-order valence-corrected chi connectivity index (χ3v) is 3.71. The molecule has 0 bridgehead atoms. The molecule has 2 N–H and O–H groups in total. The molecule has 1 saturated heterocycles. The van der Waals surface area contributed by atoms with E-state index in [1.54, 1.807) is 0 Å². The van der Waals surface area contributed by atoms with Crippen LogP contribution < -0.4 is 5.73 Å². The number of nitrogens with zero attached hydrogens (tertiary/aromatic N) is 1. The molecule has 0 saturated carbocycles. The molecule has 2 rings (SSSR count). The predicted molar refractivity (Wildman–Crippen MR) is 68.6 cm³/mol. The fourth-order valence-corrected chi connectivity index (χ4v) is 2.26. The van der Waals surface area contributed by atoms with Crippen LogP contribution in [0.5, 0.6) is 0 Å². The molecule has 0 spiro atoms. The van der Waals surface area contributed by atoms with Gasteiger partial charge in [-0.15, -0.1) is 0 Å². The molecule has 1 aromatic carbocycles. The van der Waals surface area contributed by atoms with Gasteiger partial charge in [0.05, 0.1) is 0 Å². The van der Waals surface area contributed by atoms with Crippen LogP contribution in [0.25, 0.3) is 0 Å². The zero-order chi connectivity index (χ0) is 12.4. The lowest BCUT2D eigenvalue weighted by Crippen LogP contribution is -2.28. The van der Waals surface area contributed by atoms with Gasteiger partial charge in [-0.1, -0.05) is 26.0 Å². The van der Waals surface area contributed by atoms with Crippen LogP contribution in [0.1, 0.15) is 29.8 Å². The van der Waals surface area contributed by atoms with Crippen LogP contribution in [-0.2, 0) is 6.54 Å². The van der Waals surface area contributed by atoms with Crippen molar-refractivity contribution in [2.75, 3.05) is 13.1 Å². The zero-order valence-electron chi connectivity index (χ0n) is 10.5. The summed E-state index contributed by atoms with van der Waals surface area (Å²) in [7, 11) is 0. The van der Waals surface area contributed by atoms with E-state index in [0.717, 1.165) is 24.2 Å². The molecule has 0 aromatic heterocycles. The van der Waals surface area contributed by atoms with Gasteiger partial charge in [-0.25, -0.2) is 0 Å². The van der Waals surface area contributed by atoms with Crippen molar-refractivity contribution in [3.05, 3.63) is 35.4 Å². The summed E-state index contributed by atoms with van der Waals surface area (Å²) in [6.45, 7) is 6.68. The van der Waals surface area contributed by atoms with Crippen molar-refractivity contribution in [1.82, 2.24) is 4.90 Å². The molecule has 1 heterocycles. The standard InChI is InChI=1S/C14H20N2O/c1-10-8-16(9-11(10)2)14(17)13-5-3-12(7-15)4-6-13/h3-6,10-11H,7-9,15H2,1-2H3. The van der Waals surface area contributed by atoms with Gasteiger partial charge in [0.15, 0.2) is 0 Å². The largest absolute Gasteiger partial charge is 0.338 e. The normalized spacial score (nSPS) is 24.1. The van der Waals surface area contributed by atoms with E-state index in [1.807, 2.05) is 29.2 Å². The average molecular weight is 232 g/mol. The fourth-order valence-electron chi connectivity index (χ4n) is 2.26. The minimum absolute atomic E-state index is 0.143. The van der Waals surface area contributed by atoms with Gasteiger partial charge in [0, 0.05) is 25.2 Å². The van der Waals surface area contributed by atoms with Crippen LogP contribution in [0.2, 0.25) is 0 Å². The molecule has 1 aliphatic heterocycles.